The van der Waals surface area contributed by atoms with Gasteiger partial charge in [-0.2, -0.15) is 0 Å². The van der Waals surface area contributed by atoms with Crippen LogP contribution in [0.5, 0.6) is 0 Å². The Labute approximate surface area is 155 Å². The molecular formula is C18H24N4O5. The molecule has 2 aromatic rings. The molecule has 146 valence electrons. The van der Waals surface area contributed by atoms with Crippen molar-refractivity contribution < 1.29 is 14.1 Å². The molecule has 9 nitrogen and oxygen atoms in total. The normalized spacial score (nSPS) is 16.3. The van der Waals surface area contributed by atoms with E-state index >= 15 is 0 Å². The number of nitro groups is 1. The zero-order valence-corrected chi connectivity index (χ0v) is 15.3. The summed E-state index contributed by atoms with van der Waals surface area (Å²) in [5.41, 5.74) is 0.674. The van der Waals surface area contributed by atoms with Crippen LogP contribution in [0.2, 0.25) is 0 Å². The Kier molecular flexibility index (Phi) is 5.59. The third-order valence-corrected chi connectivity index (χ3v) is 5.17. The van der Waals surface area contributed by atoms with Crippen LogP contribution in [0.4, 0.5) is 5.69 Å². The molecule has 0 unspecified atom stereocenters. The number of carbonyl (C=O) groups is 1. The lowest BCUT2D eigenvalue weighted by Crippen LogP contribution is -2.42. The van der Waals surface area contributed by atoms with Crippen LogP contribution in [0.25, 0.3) is 11.1 Å². The van der Waals surface area contributed by atoms with E-state index in [1.807, 2.05) is 0 Å². The number of benzene rings is 1. The molecule has 1 aromatic carbocycles. The SMILES string of the molecule is CC1(CNC(=O)CCCn2c(=O)oc3cc([N+](=O)[O-])ccc32)CCNCC1. The van der Waals surface area contributed by atoms with E-state index in [-0.39, 0.29) is 22.6 Å². The van der Waals surface area contributed by atoms with Gasteiger partial charge in [-0.25, -0.2) is 4.79 Å². The van der Waals surface area contributed by atoms with E-state index in [2.05, 4.69) is 17.6 Å². The number of oxazole rings is 1. The van der Waals surface area contributed by atoms with Gasteiger partial charge in [-0.1, -0.05) is 6.92 Å². The predicted octanol–water partition coefficient (Wildman–Crippen LogP) is 1.79. The Bertz CT molecular complexity index is 895. The van der Waals surface area contributed by atoms with Gasteiger partial charge in [-0.3, -0.25) is 19.5 Å². The molecule has 1 saturated heterocycles. The number of non-ortho nitro benzene ring substituents is 1. The fourth-order valence-electron chi connectivity index (χ4n) is 3.39. The topological polar surface area (TPSA) is 119 Å². The molecule has 0 bridgehead atoms. The Hall–Kier alpha value is -2.68. The van der Waals surface area contributed by atoms with Crippen molar-refractivity contribution in [2.24, 2.45) is 5.41 Å². The first-order valence-corrected chi connectivity index (χ1v) is 9.13. The van der Waals surface area contributed by atoms with Crippen molar-refractivity contribution in [1.82, 2.24) is 15.2 Å². The largest absolute Gasteiger partial charge is 0.419 e. The minimum Gasteiger partial charge on any atom is -0.407 e. The highest BCUT2D eigenvalue weighted by molar-refractivity contribution is 5.76. The Morgan fingerprint density at radius 3 is 2.85 bits per heavy atom. The minimum atomic E-state index is -0.576. The van der Waals surface area contributed by atoms with Crippen LogP contribution in [0.3, 0.4) is 0 Å². The number of amides is 1. The van der Waals surface area contributed by atoms with Crippen molar-refractivity contribution >= 4 is 22.7 Å². The van der Waals surface area contributed by atoms with Gasteiger partial charge in [0.05, 0.1) is 16.5 Å². The maximum absolute atomic E-state index is 12.1. The van der Waals surface area contributed by atoms with Crippen molar-refractivity contribution in [1.29, 1.82) is 0 Å². The molecule has 9 heteroatoms. The number of hydrogen-bond acceptors (Lipinski definition) is 6. The van der Waals surface area contributed by atoms with Crippen molar-refractivity contribution in [2.45, 2.75) is 39.2 Å². The number of piperidine rings is 1. The number of rotatable bonds is 7. The summed E-state index contributed by atoms with van der Waals surface area (Å²) in [6, 6.07) is 4.07. The van der Waals surface area contributed by atoms with Crippen LogP contribution in [0.15, 0.2) is 27.4 Å². The summed E-state index contributed by atoms with van der Waals surface area (Å²) in [6.45, 7) is 5.11. The first-order valence-electron chi connectivity index (χ1n) is 9.13. The van der Waals surface area contributed by atoms with Crippen LogP contribution < -0.4 is 16.4 Å². The molecule has 1 aromatic heterocycles. The summed E-state index contributed by atoms with van der Waals surface area (Å²) in [5, 5.41) is 17.1. The average molecular weight is 376 g/mol. The Balaban J connectivity index is 1.54. The second kappa shape index (κ2) is 7.91. The second-order valence-corrected chi connectivity index (χ2v) is 7.37. The maximum atomic E-state index is 12.1. The lowest BCUT2D eigenvalue weighted by Gasteiger charge is -2.34. The van der Waals surface area contributed by atoms with Crippen molar-refractivity contribution in [3.05, 3.63) is 38.9 Å². The number of nitrogens with zero attached hydrogens (tertiary/aromatic N) is 2. The molecule has 1 fully saturated rings. The zero-order chi connectivity index (χ0) is 19.4. The Morgan fingerprint density at radius 1 is 1.41 bits per heavy atom. The maximum Gasteiger partial charge on any atom is 0.419 e. The third-order valence-electron chi connectivity index (χ3n) is 5.17. The highest BCUT2D eigenvalue weighted by Gasteiger charge is 2.26. The van der Waals surface area contributed by atoms with E-state index in [4.69, 9.17) is 4.42 Å². The van der Waals surface area contributed by atoms with Gasteiger partial charge in [-0.05, 0) is 43.8 Å². The summed E-state index contributed by atoms with van der Waals surface area (Å²) in [6.07, 6.45) is 2.86. The number of fused-ring (bicyclic) bond motifs is 1. The van der Waals surface area contributed by atoms with Crippen molar-refractivity contribution in [3.63, 3.8) is 0 Å². The Morgan fingerprint density at radius 2 is 2.15 bits per heavy atom. The van der Waals surface area contributed by atoms with Crippen LogP contribution in [-0.2, 0) is 11.3 Å². The average Bonchev–Trinajstić information content (AvgIpc) is 2.95. The molecule has 0 spiro atoms. The molecule has 0 saturated carbocycles. The van der Waals surface area contributed by atoms with Crippen molar-refractivity contribution in [3.8, 4) is 0 Å². The summed E-state index contributed by atoms with van der Waals surface area (Å²) in [4.78, 5) is 34.4. The quantitative estimate of drug-likeness (QED) is 0.562. The second-order valence-electron chi connectivity index (χ2n) is 7.37. The van der Waals surface area contributed by atoms with E-state index in [9.17, 15) is 19.7 Å². The van der Waals surface area contributed by atoms with Gasteiger partial charge >= 0.3 is 5.76 Å². The van der Waals surface area contributed by atoms with Gasteiger partial charge in [0.25, 0.3) is 5.69 Å². The van der Waals surface area contributed by atoms with Crippen LogP contribution in [0, 0.1) is 15.5 Å². The van der Waals surface area contributed by atoms with Crippen molar-refractivity contribution in [2.75, 3.05) is 19.6 Å². The number of carbonyl (C=O) groups excluding carboxylic acids is 1. The first-order chi connectivity index (χ1) is 12.9. The van der Waals surface area contributed by atoms with E-state index in [0.29, 0.717) is 31.4 Å². The summed E-state index contributed by atoms with van der Waals surface area (Å²) < 4.78 is 6.49. The van der Waals surface area contributed by atoms with Gasteiger partial charge < -0.3 is 15.1 Å². The predicted molar refractivity (Wildman–Crippen MR) is 99.6 cm³/mol. The summed E-state index contributed by atoms with van der Waals surface area (Å²) in [7, 11) is 0. The lowest BCUT2D eigenvalue weighted by molar-refractivity contribution is -0.384. The van der Waals surface area contributed by atoms with Crippen LogP contribution >= 0.6 is 0 Å². The van der Waals surface area contributed by atoms with E-state index in [0.717, 1.165) is 25.9 Å². The van der Waals surface area contributed by atoms with Crippen LogP contribution in [0.1, 0.15) is 32.6 Å². The highest BCUT2D eigenvalue weighted by atomic mass is 16.6. The molecule has 0 radical (unpaired) electrons. The third kappa shape index (κ3) is 4.54. The zero-order valence-electron chi connectivity index (χ0n) is 15.3. The first kappa shape index (κ1) is 19.1. The number of aromatic nitrogens is 1. The monoisotopic (exact) mass is 376 g/mol. The fraction of sp³-hybridized carbons (Fsp3) is 0.556. The number of nitro benzene ring substituents is 1. The fourth-order valence-corrected chi connectivity index (χ4v) is 3.39. The molecule has 1 amide bonds. The molecule has 1 aliphatic rings. The standard InChI is InChI=1S/C18H24N4O5/c1-18(6-8-19-9-7-18)12-20-16(23)3-2-10-21-14-5-4-13(22(25)26)11-15(14)27-17(21)24/h4-5,11,19H,2-3,6-10,12H2,1H3,(H,20,23). The number of aryl methyl sites for hydroxylation is 1. The molecule has 2 N–H and O–H groups in total. The molecule has 0 atom stereocenters. The van der Waals surface area contributed by atoms with E-state index < -0.39 is 10.7 Å². The molecule has 2 heterocycles. The number of nitrogens with one attached hydrogen (secondary N) is 2. The minimum absolute atomic E-state index is 0.0359. The van der Waals surface area contributed by atoms with E-state index in [1.54, 1.807) is 0 Å². The van der Waals surface area contributed by atoms with Crippen LogP contribution in [-0.4, -0.2) is 35.0 Å². The summed E-state index contributed by atoms with van der Waals surface area (Å²) >= 11 is 0. The lowest BCUT2D eigenvalue weighted by atomic mass is 9.81. The van der Waals surface area contributed by atoms with Gasteiger partial charge in [0.15, 0.2) is 5.58 Å². The number of hydrogen-bond donors (Lipinski definition) is 2. The summed E-state index contributed by atoms with van der Waals surface area (Å²) in [5.74, 6) is -0.612. The molecule has 1 aliphatic heterocycles. The highest BCUT2D eigenvalue weighted by Crippen LogP contribution is 2.26. The van der Waals surface area contributed by atoms with Gasteiger partial charge in [-0.15, -0.1) is 0 Å². The van der Waals surface area contributed by atoms with Gasteiger partial charge in [0.1, 0.15) is 0 Å². The van der Waals surface area contributed by atoms with E-state index in [1.165, 1.54) is 22.8 Å². The van der Waals surface area contributed by atoms with Gasteiger partial charge in [0.2, 0.25) is 5.91 Å². The van der Waals surface area contributed by atoms with Gasteiger partial charge in [0, 0.05) is 25.6 Å². The molecule has 3 rings (SSSR count). The smallest absolute Gasteiger partial charge is 0.407 e. The molecule has 27 heavy (non-hydrogen) atoms. The molecular weight excluding hydrogens is 352 g/mol. The molecule has 0 aliphatic carbocycles.